The molecule has 1 aliphatic rings. The first-order valence-electron chi connectivity index (χ1n) is 17.2. The van der Waals surface area contributed by atoms with Crippen molar-refractivity contribution in [2.45, 2.75) is 67.2 Å². The van der Waals surface area contributed by atoms with Crippen LogP contribution in [0.4, 0.5) is 0 Å². The first-order chi connectivity index (χ1) is 24.4. The standard InChI is InChI=1S/C30H39Cl2N5O4.C7H8O.C2H6/c1-5-12-36(34-20-38)18-30(40)37-19-29(39)35(17-28(37)33-15-23-9-10-25(31)26(32)14-23)16-24-7-6-8-27(22(24)4)41-13-11-21(2)3;1-6-2-4-7(8)5-3-6;1-2/h5-10,14,20-21,28,33H,1,11-13,15-19H2,2-4H3,(H,34,38);2-5,8H,1H3;1-2H3. The molecule has 0 aliphatic carbocycles. The van der Waals surface area contributed by atoms with Gasteiger partial charge in [0.25, 0.3) is 0 Å². The van der Waals surface area contributed by atoms with Gasteiger partial charge >= 0.3 is 0 Å². The Morgan fingerprint density at radius 2 is 1.80 bits per heavy atom. The van der Waals surface area contributed by atoms with Gasteiger partial charge in [-0.15, -0.1) is 6.58 Å². The van der Waals surface area contributed by atoms with Gasteiger partial charge in [0, 0.05) is 19.6 Å². The van der Waals surface area contributed by atoms with Crippen LogP contribution in [-0.2, 0) is 27.5 Å². The number of aromatic hydroxyl groups is 1. The highest BCUT2D eigenvalue weighted by Gasteiger charge is 2.35. The Hall–Kier alpha value is -4.09. The fourth-order valence-corrected chi connectivity index (χ4v) is 5.35. The fourth-order valence-electron chi connectivity index (χ4n) is 5.03. The summed E-state index contributed by atoms with van der Waals surface area (Å²) in [6.07, 6.45) is 2.55. The predicted octanol–water partition coefficient (Wildman–Crippen LogP) is 6.89. The lowest BCUT2D eigenvalue weighted by atomic mass is 10.1. The van der Waals surface area contributed by atoms with E-state index >= 15 is 0 Å². The summed E-state index contributed by atoms with van der Waals surface area (Å²) in [5.41, 5.74) is 6.52. The molecule has 1 saturated heterocycles. The van der Waals surface area contributed by atoms with Crippen molar-refractivity contribution in [1.82, 2.24) is 25.6 Å². The highest BCUT2D eigenvalue weighted by atomic mass is 35.5. The van der Waals surface area contributed by atoms with E-state index in [0.29, 0.717) is 47.8 Å². The number of piperazine rings is 1. The third-order valence-corrected chi connectivity index (χ3v) is 8.67. The number of nitrogens with zero attached hydrogens (tertiary/aromatic N) is 3. The quantitative estimate of drug-likeness (QED) is 0.0884. The van der Waals surface area contributed by atoms with Crippen molar-refractivity contribution in [2.24, 2.45) is 5.92 Å². The van der Waals surface area contributed by atoms with Crippen molar-refractivity contribution >= 4 is 41.4 Å². The van der Waals surface area contributed by atoms with Gasteiger partial charge in [-0.25, -0.2) is 5.01 Å². The second-order valence-electron chi connectivity index (χ2n) is 12.3. The zero-order valence-corrected chi connectivity index (χ0v) is 32.1. The number of ether oxygens (including phenoxy) is 1. The molecule has 0 aromatic heterocycles. The molecule has 1 fully saturated rings. The average Bonchev–Trinajstić information content (AvgIpc) is 3.10. The smallest absolute Gasteiger partial charge is 0.242 e. The Kier molecular flexibility index (Phi) is 19.1. The van der Waals surface area contributed by atoms with Crippen LogP contribution in [0.15, 0.2) is 73.3 Å². The summed E-state index contributed by atoms with van der Waals surface area (Å²) in [7, 11) is 0. The Morgan fingerprint density at radius 3 is 2.41 bits per heavy atom. The minimum absolute atomic E-state index is 0.107. The van der Waals surface area contributed by atoms with Crippen LogP contribution in [0.2, 0.25) is 10.0 Å². The van der Waals surface area contributed by atoms with Crippen molar-refractivity contribution in [3.8, 4) is 11.5 Å². The summed E-state index contributed by atoms with van der Waals surface area (Å²) in [5.74, 6) is 1.20. The number of aryl methyl sites for hydroxylation is 1. The number of hydrogen-bond acceptors (Lipinski definition) is 7. The summed E-state index contributed by atoms with van der Waals surface area (Å²) >= 11 is 12.3. The van der Waals surface area contributed by atoms with Crippen LogP contribution in [0.5, 0.6) is 11.5 Å². The van der Waals surface area contributed by atoms with Gasteiger partial charge in [0.2, 0.25) is 18.2 Å². The molecule has 1 unspecified atom stereocenters. The molecule has 3 N–H and O–H groups in total. The maximum atomic E-state index is 13.4. The molecule has 3 amide bonds. The lowest BCUT2D eigenvalue weighted by Crippen LogP contribution is -2.63. The third-order valence-electron chi connectivity index (χ3n) is 7.93. The molecular formula is C39H53Cl2N5O5. The molecule has 51 heavy (non-hydrogen) atoms. The molecule has 278 valence electrons. The normalized spacial score (nSPS) is 13.9. The summed E-state index contributed by atoms with van der Waals surface area (Å²) < 4.78 is 6.02. The number of rotatable bonds is 15. The minimum atomic E-state index is -0.484. The molecule has 1 heterocycles. The number of nitrogens with one attached hydrogen (secondary N) is 2. The molecule has 0 bridgehead atoms. The second-order valence-corrected chi connectivity index (χ2v) is 13.1. The number of amides is 3. The number of phenolic OH excluding ortho intramolecular Hbond substituents is 1. The number of hydrazine groups is 1. The van der Waals surface area contributed by atoms with E-state index < -0.39 is 6.17 Å². The zero-order valence-electron chi connectivity index (χ0n) is 30.6. The lowest BCUT2D eigenvalue weighted by Gasteiger charge is -2.42. The van der Waals surface area contributed by atoms with Crippen molar-refractivity contribution in [3.63, 3.8) is 0 Å². The van der Waals surface area contributed by atoms with Gasteiger partial charge in [0.15, 0.2) is 0 Å². The molecule has 1 aliphatic heterocycles. The number of hydrogen-bond donors (Lipinski definition) is 3. The number of carbonyl (C=O) groups is 3. The highest BCUT2D eigenvalue weighted by molar-refractivity contribution is 6.42. The van der Waals surface area contributed by atoms with E-state index in [2.05, 4.69) is 31.2 Å². The molecule has 0 saturated carbocycles. The van der Waals surface area contributed by atoms with Crippen LogP contribution in [0.3, 0.4) is 0 Å². The Bertz CT molecular complexity index is 1520. The predicted molar refractivity (Wildman–Crippen MR) is 206 cm³/mol. The number of phenols is 1. The fraction of sp³-hybridized carbons (Fsp3) is 0.410. The van der Waals surface area contributed by atoms with Gasteiger partial charge < -0.3 is 19.6 Å². The van der Waals surface area contributed by atoms with Gasteiger partial charge in [-0.05, 0) is 73.2 Å². The summed E-state index contributed by atoms with van der Waals surface area (Å²) in [5, 5.41) is 14.5. The van der Waals surface area contributed by atoms with E-state index in [4.69, 9.17) is 33.0 Å². The molecule has 1 atom stereocenters. The molecule has 0 spiro atoms. The van der Waals surface area contributed by atoms with E-state index in [1.807, 2.05) is 64.1 Å². The molecule has 0 radical (unpaired) electrons. The van der Waals surface area contributed by atoms with Crippen LogP contribution >= 0.6 is 23.2 Å². The molecule has 3 aromatic rings. The van der Waals surface area contributed by atoms with Crippen LogP contribution in [0.25, 0.3) is 0 Å². The SMILES string of the molecule is C=CCN(CC(=O)N1CC(=O)N(Cc2cccc(OCCC(C)C)c2C)CC1NCc1ccc(Cl)c(Cl)c1)NC=O.CC.Cc1ccc(O)cc1. The monoisotopic (exact) mass is 741 g/mol. The first-order valence-corrected chi connectivity index (χ1v) is 17.9. The Morgan fingerprint density at radius 1 is 1.10 bits per heavy atom. The molecule has 3 aromatic carbocycles. The van der Waals surface area contributed by atoms with Crippen LogP contribution < -0.4 is 15.5 Å². The molecule has 10 nitrogen and oxygen atoms in total. The van der Waals surface area contributed by atoms with Crippen LogP contribution in [0, 0.1) is 19.8 Å². The van der Waals surface area contributed by atoms with Crippen molar-refractivity contribution in [1.29, 1.82) is 0 Å². The third kappa shape index (κ3) is 14.6. The van der Waals surface area contributed by atoms with Gasteiger partial charge in [-0.2, -0.15) is 0 Å². The minimum Gasteiger partial charge on any atom is -0.508 e. The van der Waals surface area contributed by atoms with E-state index in [1.54, 1.807) is 35.2 Å². The largest absolute Gasteiger partial charge is 0.508 e. The maximum Gasteiger partial charge on any atom is 0.242 e. The van der Waals surface area contributed by atoms with E-state index in [1.165, 1.54) is 15.5 Å². The number of carbonyl (C=O) groups excluding carboxylic acids is 3. The second kappa shape index (κ2) is 22.7. The van der Waals surface area contributed by atoms with Crippen molar-refractivity contribution in [3.05, 3.63) is 106 Å². The number of halogens is 2. The van der Waals surface area contributed by atoms with E-state index in [-0.39, 0.29) is 38.0 Å². The van der Waals surface area contributed by atoms with Gasteiger partial charge in [0.05, 0.1) is 29.7 Å². The van der Waals surface area contributed by atoms with E-state index in [9.17, 15) is 14.4 Å². The summed E-state index contributed by atoms with van der Waals surface area (Å²) in [6.45, 7) is 17.7. The topological polar surface area (TPSA) is 114 Å². The van der Waals surface area contributed by atoms with Gasteiger partial charge in [-0.3, -0.25) is 25.1 Å². The first kappa shape index (κ1) is 43.1. The van der Waals surface area contributed by atoms with E-state index in [0.717, 1.165) is 28.9 Å². The molecule has 4 rings (SSSR count). The highest BCUT2D eigenvalue weighted by Crippen LogP contribution is 2.25. The Labute approximate surface area is 313 Å². The lowest BCUT2D eigenvalue weighted by molar-refractivity contribution is -0.152. The maximum absolute atomic E-state index is 13.4. The van der Waals surface area contributed by atoms with Gasteiger partial charge in [-0.1, -0.05) is 92.9 Å². The zero-order chi connectivity index (χ0) is 37.9. The molecular weight excluding hydrogens is 689 g/mol. The Balaban J connectivity index is 0.000000781. The molecule has 12 heteroatoms. The summed E-state index contributed by atoms with van der Waals surface area (Å²) in [6, 6.07) is 18.3. The summed E-state index contributed by atoms with van der Waals surface area (Å²) in [4.78, 5) is 41.0. The van der Waals surface area contributed by atoms with Crippen LogP contribution in [0.1, 0.15) is 56.4 Å². The van der Waals surface area contributed by atoms with Crippen molar-refractivity contribution in [2.75, 3.05) is 32.8 Å². The average molecular weight is 743 g/mol. The van der Waals surface area contributed by atoms with Crippen molar-refractivity contribution < 1.29 is 24.2 Å². The van der Waals surface area contributed by atoms with Gasteiger partial charge in [0.1, 0.15) is 24.2 Å². The number of benzene rings is 3. The van der Waals surface area contributed by atoms with Crippen LogP contribution in [-0.4, -0.2) is 77.1 Å².